The molecule has 0 aromatic carbocycles. The van der Waals surface area contributed by atoms with E-state index in [0.717, 1.165) is 43.6 Å². The highest BCUT2D eigenvalue weighted by Crippen LogP contribution is 2.51. The molecule has 0 amide bonds. The first-order valence-electron chi connectivity index (χ1n) is 18.0. The lowest BCUT2D eigenvalue weighted by atomic mass is 9.97. The Morgan fingerprint density at radius 1 is 0.767 bits per heavy atom. The van der Waals surface area contributed by atoms with Crippen LogP contribution >= 0.6 is 15.6 Å². The Balaban J connectivity index is 1.15. The van der Waals surface area contributed by atoms with Gasteiger partial charge in [0, 0.05) is 6.42 Å². The van der Waals surface area contributed by atoms with E-state index in [1.165, 1.54) is 0 Å². The van der Waals surface area contributed by atoms with Crippen LogP contribution in [-0.2, 0) is 64.7 Å². The minimum Gasteiger partial charge on any atom is -0.443 e. The number of esters is 2. The monoisotopic (exact) mass is 894 g/mol. The molecule has 24 nitrogen and oxygen atoms in total. The minimum absolute atomic E-state index is 0.0771. The van der Waals surface area contributed by atoms with Crippen molar-refractivity contribution in [3.8, 4) is 0 Å². The molecule has 0 aliphatic carbocycles. The Kier molecular flexibility index (Phi) is 12.7. The van der Waals surface area contributed by atoms with E-state index in [1.807, 2.05) is 0 Å². The first-order valence-corrected chi connectivity index (χ1v) is 21.0. The van der Waals surface area contributed by atoms with Gasteiger partial charge >= 0.3 is 27.6 Å². The SMILES string of the molecule is CC(C)(C)C(=O)OCn1cnc2c(ncn2[C@@H]2O[C@H](COP(=O)(O)O)[C@H](F)C2OP(=O)(O)OC[C@@H]2C[C@@H](F)[C@H](n3cnc4c(=O)n(COC(=O)C(C)(C)C)cnc43)O2)c1=O. The van der Waals surface area contributed by atoms with Gasteiger partial charge in [0.15, 0.2) is 54.4 Å². The maximum atomic E-state index is 15.9. The lowest BCUT2D eigenvalue weighted by Gasteiger charge is -2.24. The lowest BCUT2D eigenvalue weighted by Crippen LogP contribution is -2.32. The second kappa shape index (κ2) is 16.8. The molecule has 6 heterocycles. The topological polar surface area (TPSA) is 299 Å². The van der Waals surface area contributed by atoms with Crippen LogP contribution in [0.15, 0.2) is 34.9 Å². The quantitative estimate of drug-likeness (QED) is 0.120. The van der Waals surface area contributed by atoms with Gasteiger partial charge in [0.2, 0.25) is 0 Å². The molecule has 2 unspecified atom stereocenters. The third kappa shape index (κ3) is 9.88. The first kappa shape index (κ1) is 45.2. The van der Waals surface area contributed by atoms with E-state index < -0.39 is 126 Å². The number of halogens is 2. The van der Waals surface area contributed by atoms with Gasteiger partial charge in [-0.1, -0.05) is 0 Å². The number of ether oxygens (including phenoxy) is 4. The molecule has 2 aliphatic rings. The maximum Gasteiger partial charge on any atom is 0.472 e. The van der Waals surface area contributed by atoms with Crippen LogP contribution in [-0.4, -0.2) is 109 Å². The summed E-state index contributed by atoms with van der Waals surface area (Å²) in [5, 5.41) is 0. The minimum atomic E-state index is -5.33. The Morgan fingerprint density at radius 3 is 1.75 bits per heavy atom. The second-order valence-electron chi connectivity index (χ2n) is 15.8. The Morgan fingerprint density at radius 2 is 1.27 bits per heavy atom. The molecule has 2 saturated heterocycles. The lowest BCUT2D eigenvalue weighted by molar-refractivity contribution is -0.157. The molecule has 2 aliphatic heterocycles. The molecule has 0 radical (unpaired) electrons. The molecule has 4 aromatic heterocycles. The van der Waals surface area contributed by atoms with Gasteiger partial charge in [0.1, 0.15) is 31.0 Å². The fraction of sp³-hybridized carbons (Fsp3) is 0.625. The van der Waals surface area contributed by atoms with Crippen LogP contribution in [0.1, 0.15) is 60.4 Å². The fourth-order valence-corrected chi connectivity index (χ4v) is 7.17. The van der Waals surface area contributed by atoms with E-state index in [0.29, 0.717) is 0 Å². The number of phosphoric ester groups is 2. The van der Waals surface area contributed by atoms with Crippen molar-refractivity contribution >= 4 is 49.9 Å². The Hall–Kier alpha value is -4.36. The summed E-state index contributed by atoms with van der Waals surface area (Å²) in [4.78, 5) is 96.0. The fourth-order valence-electron chi connectivity index (χ4n) is 5.89. The van der Waals surface area contributed by atoms with Crippen LogP contribution in [0.4, 0.5) is 8.78 Å². The van der Waals surface area contributed by atoms with Gasteiger partial charge in [-0.2, -0.15) is 0 Å². The summed E-state index contributed by atoms with van der Waals surface area (Å²) in [6.07, 6.45) is -8.81. The average molecular weight is 895 g/mol. The zero-order valence-corrected chi connectivity index (χ0v) is 34.6. The Bertz CT molecular complexity index is 2480. The van der Waals surface area contributed by atoms with Crippen LogP contribution in [0.3, 0.4) is 0 Å². The van der Waals surface area contributed by atoms with E-state index in [2.05, 4.69) is 24.5 Å². The van der Waals surface area contributed by atoms with Gasteiger partial charge in [-0.25, -0.2) is 37.8 Å². The Labute approximate surface area is 337 Å². The van der Waals surface area contributed by atoms with Gasteiger partial charge in [-0.05, 0) is 41.5 Å². The molecule has 0 bridgehead atoms. The summed E-state index contributed by atoms with van der Waals surface area (Å²) in [7, 11) is -10.5. The molecule has 6 rings (SSSR count). The molecule has 0 spiro atoms. The van der Waals surface area contributed by atoms with E-state index in [9.17, 15) is 43.0 Å². The van der Waals surface area contributed by atoms with Crippen molar-refractivity contribution < 1.29 is 74.7 Å². The highest BCUT2D eigenvalue weighted by molar-refractivity contribution is 7.47. The molecule has 3 N–H and O–H groups in total. The molecule has 8 atom stereocenters. The van der Waals surface area contributed by atoms with Gasteiger partial charge in [-0.15, -0.1) is 0 Å². The van der Waals surface area contributed by atoms with E-state index in [-0.39, 0.29) is 22.3 Å². The molecule has 0 saturated carbocycles. The van der Waals surface area contributed by atoms with Crippen molar-refractivity contribution in [1.29, 1.82) is 0 Å². The van der Waals surface area contributed by atoms with E-state index in [4.69, 9.17) is 28.0 Å². The van der Waals surface area contributed by atoms with Crippen LogP contribution in [0.25, 0.3) is 22.3 Å². The molecule has 28 heteroatoms. The summed E-state index contributed by atoms with van der Waals surface area (Å²) in [5.41, 5.74) is -4.07. The number of nitrogens with zero attached hydrogens (tertiary/aromatic N) is 8. The number of hydrogen-bond donors (Lipinski definition) is 3. The van der Waals surface area contributed by atoms with Crippen molar-refractivity contribution in [1.82, 2.24) is 38.2 Å². The van der Waals surface area contributed by atoms with Gasteiger partial charge < -0.3 is 33.6 Å². The summed E-state index contributed by atoms with van der Waals surface area (Å²) >= 11 is 0. The standard InChI is InChI=1S/C32H42F2N8O16P2/c1-31(2,3)29(45)52-14-39-10-37-23-20(25(39)43)35-12-41(23)27-17(33)7-16(56-27)8-55-60(50,51)58-22-19(34)18(9-54-59(47,48)49)57-28(22)42-13-36-21-24(42)38-11-40(26(21)44)15-53-30(46)32(4,5)6/h10-13,16-19,22,27-28H,7-9,14-15H2,1-6H3,(H,50,51)(H2,47,48,49)/t16-,17+,18+,19-,22?,27+,28+/m0/s1. The highest BCUT2D eigenvalue weighted by Gasteiger charge is 2.52. The van der Waals surface area contributed by atoms with Gasteiger partial charge in [0.25, 0.3) is 11.1 Å². The number of carbonyl (C=O) groups excluding carboxylic acids is 2. The smallest absolute Gasteiger partial charge is 0.443 e. The van der Waals surface area contributed by atoms with Gasteiger partial charge in [-0.3, -0.25) is 51.0 Å². The van der Waals surface area contributed by atoms with Crippen molar-refractivity contribution in [3.63, 3.8) is 0 Å². The summed E-state index contributed by atoms with van der Waals surface area (Å²) in [6.45, 7) is 6.89. The first-order chi connectivity index (χ1) is 27.8. The largest absolute Gasteiger partial charge is 0.472 e. The molecular formula is C32H42F2N8O16P2. The normalized spacial score (nSPS) is 24.9. The maximum absolute atomic E-state index is 15.9. The molecule has 60 heavy (non-hydrogen) atoms. The van der Waals surface area contributed by atoms with Crippen molar-refractivity contribution in [3.05, 3.63) is 46.0 Å². The average Bonchev–Trinajstić information content (AvgIpc) is 3.93. The third-order valence-corrected chi connectivity index (χ3v) is 10.5. The van der Waals surface area contributed by atoms with Gasteiger partial charge in [0.05, 0.1) is 42.8 Å². The number of imidazole rings is 2. The van der Waals surface area contributed by atoms with Crippen LogP contribution in [0.5, 0.6) is 0 Å². The third-order valence-electron chi connectivity index (χ3n) is 9.02. The number of hydrogen-bond acceptors (Lipinski definition) is 17. The number of rotatable bonds is 14. The highest BCUT2D eigenvalue weighted by atomic mass is 31.2. The van der Waals surface area contributed by atoms with E-state index >= 15 is 8.78 Å². The molecule has 2 fully saturated rings. The van der Waals surface area contributed by atoms with Crippen molar-refractivity contribution in [2.75, 3.05) is 13.2 Å². The van der Waals surface area contributed by atoms with Crippen molar-refractivity contribution in [2.24, 2.45) is 10.8 Å². The number of aromatic nitrogens is 8. The second-order valence-corrected chi connectivity index (χ2v) is 18.5. The molecule has 330 valence electrons. The zero-order valence-electron chi connectivity index (χ0n) is 32.8. The number of phosphoric acid groups is 2. The van der Waals surface area contributed by atoms with Crippen molar-refractivity contribution in [2.45, 2.75) is 105 Å². The van der Waals surface area contributed by atoms with E-state index in [1.54, 1.807) is 41.5 Å². The number of carbonyl (C=O) groups is 2. The number of fused-ring (bicyclic) bond motifs is 2. The molecular weight excluding hydrogens is 852 g/mol. The summed E-state index contributed by atoms with van der Waals surface area (Å²) in [5.74, 6) is -1.19. The molecule has 4 aromatic rings. The summed E-state index contributed by atoms with van der Waals surface area (Å²) < 4.78 is 96.4. The zero-order chi connectivity index (χ0) is 44.1. The van der Waals surface area contributed by atoms with Crippen LogP contribution < -0.4 is 11.1 Å². The predicted molar refractivity (Wildman–Crippen MR) is 196 cm³/mol. The summed E-state index contributed by atoms with van der Waals surface area (Å²) in [6, 6.07) is 0. The number of alkyl halides is 2. The van der Waals surface area contributed by atoms with Crippen LogP contribution in [0, 0.1) is 10.8 Å². The predicted octanol–water partition coefficient (Wildman–Crippen LogP) is 1.77. The van der Waals surface area contributed by atoms with Crippen LogP contribution in [0.2, 0.25) is 0 Å².